The summed E-state index contributed by atoms with van der Waals surface area (Å²) in [5.74, 6) is 1.75. The highest BCUT2D eigenvalue weighted by Gasteiger charge is 2.03. The van der Waals surface area contributed by atoms with Gasteiger partial charge in [-0.05, 0) is 52.5 Å². The zero-order chi connectivity index (χ0) is 16.4. The number of methoxy groups -OCH3 is 1. The van der Waals surface area contributed by atoms with E-state index in [1.807, 2.05) is 6.07 Å². The molecular formula is C17H30N4O. The van der Waals surface area contributed by atoms with Crippen LogP contribution in [0.25, 0.3) is 0 Å². The monoisotopic (exact) mass is 306 g/mol. The largest absolute Gasteiger partial charge is 0.496 e. The Morgan fingerprint density at radius 3 is 2.68 bits per heavy atom. The quantitative estimate of drug-likeness (QED) is 0.438. The van der Waals surface area contributed by atoms with Crippen molar-refractivity contribution in [2.45, 2.75) is 26.8 Å². The summed E-state index contributed by atoms with van der Waals surface area (Å²) in [6.45, 7) is 7.57. The van der Waals surface area contributed by atoms with E-state index in [1.165, 1.54) is 5.56 Å². The lowest BCUT2D eigenvalue weighted by Crippen LogP contribution is -2.38. The molecule has 0 saturated heterocycles. The summed E-state index contributed by atoms with van der Waals surface area (Å²) in [6.07, 6.45) is 1.09. The van der Waals surface area contributed by atoms with E-state index in [-0.39, 0.29) is 0 Å². The summed E-state index contributed by atoms with van der Waals surface area (Å²) in [6, 6.07) is 6.21. The van der Waals surface area contributed by atoms with Crippen molar-refractivity contribution in [3.8, 4) is 5.75 Å². The lowest BCUT2D eigenvalue weighted by molar-refractivity contribution is 0.399. The fourth-order valence-electron chi connectivity index (χ4n) is 2.09. The molecule has 2 N–H and O–H groups in total. The van der Waals surface area contributed by atoms with Gasteiger partial charge in [0.25, 0.3) is 0 Å². The Hall–Kier alpha value is -1.75. The molecule has 0 amide bonds. The van der Waals surface area contributed by atoms with E-state index in [9.17, 15) is 0 Å². The summed E-state index contributed by atoms with van der Waals surface area (Å²) >= 11 is 0. The minimum absolute atomic E-state index is 0.604. The van der Waals surface area contributed by atoms with Gasteiger partial charge in [-0.2, -0.15) is 0 Å². The van der Waals surface area contributed by atoms with Crippen molar-refractivity contribution in [3.05, 3.63) is 29.3 Å². The van der Waals surface area contributed by atoms with Crippen LogP contribution in [0.3, 0.4) is 0 Å². The van der Waals surface area contributed by atoms with Gasteiger partial charge in [0.1, 0.15) is 5.75 Å². The molecular weight excluding hydrogens is 276 g/mol. The van der Waals surface area contributed by atoms with Gasteiger partial charge in [0, 0.05) is 18.7 Å². The summed E-state index contributed by atoms with van der Waals surface area (Å²) in [5.41, 5.74) is 2.29. The number of hydrogen-bond acceptors (Lipinski definition) is 3. The molecule has 0 aliphatic heterocycles. The van der Waals surface area contributed by atoms with Gasteiger partial charge in [0.2, 0.25) is 0 Å². The fraction of sp³-hybridized carbons (Fsp3) is 0.588. The molecule has 0 atom stereocenters. The second-order valence-electron chi connectivity index (χ2n) is 5.59. The van der Waals surface area contributed by atoms with Crippen LogP contribution in [0.4, 0.5) is 0 Å². The van der Waals surface area contributed by atoms with E-state index in [1.54, 1.807) is 7.11 Å². The topological polar surface area (TPSA) is 48.9 Å². The molecule has 0 saturated carbocycles. The van der Waals surface area contributed by atoms with Crippen LogP contribution in [0.1, 0.15) is 24.5 Å². The maximum atomic E-state index is 5.43. The molecule has 0 aromatic heterocycles. The highest BCUT2D eigenvalue weighted by molar-refractivity contribution is 5.79. The number of benzene rings is 1. The zero-order valence-corrected chi connectivity index (χ0v) is 14.6. The number of nitrogens with zero attached hydrogens (tertiary/aromatic N) is 2. The number of hydrogen-bond donors (Lipinski definition) is 2. The number of ether oxygens (including phenoxy) is 1. The molecule has 5 heteroatoms. The van der Waals surface area contributed by atoms with E-state index in [0.29, 0.717) is 6.54 Å². The first-order chi connectivity index (χ1) is 10.6. The van der Waals surface area contributed by atoms with Crippen molar-refractivity contribution >= 4 is 5.96 Å². The fourth-order valence-corrected chi connectivity index (χ4v) is 2.09. The highest BCUT2D eigenvalue weighted by Crippen LogP contribution is 2.20. The highest BCUT2D eigenvalue weighted by atomic mass is 16.5. The van der Waals surface area contributed by atoms with Gasteiger partial charge >= 0.3 is 0 Å². The van der Waals surface area contributed by atoms with Crippen molar-refractivity contribution in [1.82, 2.24) is 15.5 Å². The Morgan fingerprint density at radius 1 is 1.27 bits per heavy atom. The molecule has 0 bridgehead atoms. The maximum Gasteiger partial charge on any atom is 0.191 e. The third-order valence-electron chi connectivity index (χ3n) is 3.27. The predicted octanol–water partition coefficient (Wildman–Crippen LogP) is 2.01. The third kappa shape index (κ3) is 6.80. The second kappa shape index (κ2) is 10.1. The van der Waals surface area contributed by atoms with E-state index in [0.717, 1.165) is 43.3 Å². The van der Waals surface area contributed by atoms with Crippen molar-refractivity contribution in [3.63, 3.8) is 0 Å². The van der Waals surface area contributed by atoms with E-state index in [2.05, 4.69) is 60.6 Å². The van der Waals surface area contributed by atoms with Gasteiger partial charge in [-0.15, -0.1) is 0 Å². The summed E-state index contributed by atoms with van der Waals surface area (Å²) < 4.78 is 5.43. The number of nitrogens with one attached hydrogen (secondary N) is 2. The number of aryl methyl sites for hydroxylation is 1. The molecule has 0 fully saturated rings. The lowest BCUT2D eigenvalue weighted by Gasteiger charge is -2.14. The molecule has 0 radical (unpaired) electrons. The van der Waals surface area contributed by atoms with Crippen LogP contribution >= 0.6 is 0 Å². The van der Waals surface area contributed by atoms with Crippen molar-refractivity contribution in [2.24, 2.45) is 4.99 Å². The molecule has 0 unspecified atom stereocenters. The first-order valence-corrected chi connectivity index (χ1v) is 7.87. The Balaban J connectivity index is 2.61. The molecule has 0 aliphatic rings. The van der Waals surface area contributed by atoms with Crippen LogP contribution in [-0.4, -0.2) is 51.7 Å². The Morgan fingerprint density at radius 2 is 2.05 bits per heavy atom. The Bertz CT molecular complexity index is 472. The van der Waals surface area contributed by atoms with E-state index in [4.69, 9.17) is 4.74 Å². The lowest BCUT2D eigenvalue weighted by atomic mass is 10.1. The summed E-state index contributed by atoms with van der Waals surface area (Å²) in [7, 11) is 5.87. The molecule has 5 nitrogen and oxygen atoms in total. The molecule has 1 aromatic carbocycles. The Kier molecular flexibility index (Phi) is 8.36. The van der Waals surface area contributed by atoms with Crippen LogP contribution < -0.4 is 15.4 Å². The van der Waals surface area contributed by atoms with Gasteiger partial charge in [0.05, 0.1) is 13.7 Å². The van der Waals surface area contributed by atoms with E-state index >= 15 is 0 Å². The average molecular weight is 306 g/mol. The first kappa shape index (κ1) is 18.3. The van der Waals surface area contributed by atoms with E-state index < -0.39 is 0 Å². The second-order valence-corrected chi connectivity index (χ2v) is 5.59. The van der Waals surface area contributed by atoms with Crippen LogP contribution in [0, 0.1) is 6.92 Å². The first-order valence-electron chi connectivity index (χ1n) is 7.87. The minimum atomic E-state index is 0.604. The van der Waals surface area contributed by atoms with Gasteiger partial charge < -0.3 is 20.3 Å². The van der Waals surface area contributed by atoms with Gasteiger partial charge in [-0.3, -0.25) is 0 Å². The predicted molar refractivity (Wildman–Crippen MR) is 93.7 cm³/mol. The zero-order valence-electron chi connectivity index (χ0n) is 14.6. The molecule has 1 rings (SSSR count). The number of rotatable bonds is 8. The number of guanidine groups is 1. The van der Waals surface area contributed by atoms with Gasteiger partial charge in [-0.1, -0.05) is 12.1 Å². The molecule has 0 spiro atoms. The van der Waals surface area contributed by atoms with Crippen LogP contribution in [0.2, 0.25) is 0 Å². The third-order valence-corrected chi connectivity index (χ3v) is 3.27. The Labute approximate surface area is 134 Å². The van der Waals surface area contributed by atoms with Crippen LogP contribution in [0.15, 0.2) is 23.2 Å². The van der Waals surface area contributed by atoms with Gasteiger partial charge in [-0.25, -0.2) is 4.99 Å². The molecule has 1 aromatic rings. The minimum Gasteiger partial charge on any atom is -0.496 e. The van der Waals surface area contributed by atoms with Crippen LogP contribution in [0.5, 0.6) is 5.75 Å². The SMILES string of the molecule is CCNC(=NCc1ccc(C)cc1OC)NCCCN(C)C. The standard InChI is InChI=1S/C17H30N4O/c1-6-18-17(19-10-7-11-21(3)4)20-13-15-9-8-14(2)12-16(15)22-5/h8-9,12H,6-7,10-11,13H2,1-5H3,(H2,18,19,20). The molecule has 0 heterocycles. The molecule has 22 heavy (non-hydrogen) atoms. The smallest absolute Gasteiger partial charge is 0.191 e. The molecule has 124 valence electrons. The van der Waals surface area contributed by atoms with Crippen molar-refractivity contribution in [2.75, 3.05) is 40.8 Å². The maximum absolute atomic E-state index is 5.43. The van der Waals surface area contributed by atoms with Crippen LogP contribution in [-0.2, 0) is 6.54 Å². The molecule has 0 aliphatic carbocycles. The van der Waals surface area contributed by atoms with Crippen molar-refractivity contribution < 1.29 is 4.74 Å². The summed E-state index contributed by atoms with van der Waals surface area (Å²) in [5, 5.41) is 6.64. The van der Waals surface area contributed by atoms with Gasteiger partial charge in [0.15, 0.2) is 5.96 Å². The summed E-state index contributed by atoms with van der Waals surface area (Å²) in [4.78, 5) is 6.82. The normalized spacial score (nSPS) is 11.6. The van der Waals surface area contributed by atoms with Crippen molar-refractivity contribution in [1.29, 1.82) is 0 Å². The number of aliphatic imine (C=N–C) groups is 1. The average Bonchev–Trinajstić information content (AvgIpc) is 2.49.